The number of aryl methyl sites for hydroxylation is 2. The van der Waals surface area contributed by atoms with Gasteiger partial charge in [-0.05, 0) is 79.3 Å². The van der Waals surface area contributed by atoms with Gasteiger partial charge in [0.2, 0.25) is 0 Å². The van der Waals surface area contributed by atoms with Crippen LogP contribution >= 0.6 is 0 Å². The monoisotopic (exact) mass is 585 g/mol. The Hall–Kier alpha value is -4.66. The number of hydrogen-bond acceptors (Lipinski definition) is 7. The van der Waals surface area contributed by atoms with E-state index in [0.717, 1.165) is 40.7 Å². The number of carbonyl (C=O) groups excluding carboxylic acids is 1. The van der Waals surface area contributed by atoms with Gasteiger partial charge >= 0.3 is 0 Å². The number of benzene rings is 3. The molecule has 2 N–H and O–H groups in total. The predicted octanol–water partition coefficient (Wildman–Crippen LogP) is 6.39. The number of rotatable bonds is 12. The summed E-state index contributed by atoms with van der Waals surface area (Å²) < 4.78 is 22.6. The van der Waals surface area contributed by atoms with Crippen molar-refractivity contribution in [3.63, 3.8) is 0 Å². The van der Waals surface area contributed by atoms with Crippen LogP contribution in [0, 0.1) is 13.8 Å². The Bertz CT molecular complexity index is 1630. The van der Waals surface area contributed by atoms with Crippen molar-refractivity contribution < 1.29 is 28.8 Å². The molecule has 1 amide bonds. The van der Waals surface area contributed by atoms with E-state index in [2.05, 4.69) is 17.1 Å². The van der Waals surface area contributed by atoms with Gasteiger partial charge < -0.3 is 29.0 Å². The normalized spacial score (nSPS) is 14.1. The van der Waals surface area contributed by atoms with E-state index < -0.39 is 6.04 Å². The number of hydrogen-bond donors (Lipinski definition) is 2. The van der Waals surface area contributed by atoms with Crippen LogP contribution in [0.25, 0.3) is 11.3 Å². The number of nitrogens with one attached hydrogen (secondary N) is 1. The van der Waals surface area contributed by atoms with Crippen molar-refractivity contribution in [2.75, 3.05) is 34.5 Å². The zero-order valence-electron chi connectivity index (χ0n) is 25.6. The molecule has 0 spiro atoms. The second-order valence-electron chi connectivity index (χ2n) is 10.8. The summed E-state index contributed by atoms with van der Waals surface area (Å²) in [6, 6.07) is 14.9. The first-order valence-electron chi connectivity index (χ1n) is 14.5. The lowest BCUT2D eigenvalue weighted by molar-refractivity contribution is 0.0745. The molecule has 0 bridgehead atoms. The summed E-state index contributed by atoms with van der Waals surface area (Å²) in [7, 11) is 4.82. The van der Waals surface area contributed by atoms with E-state index in [1.807, 2.05) is 67.3 Å². The average Bonchev–Trinajstić information content (AvgIpc) is 3.56. The first-order chi connectivity index (χ1) is 20.8. The number of ether oxygens (including phenoxy) is 4. The molecule has 0 aliphatic carbocycles. The second-order valence-corrected chi connectivity index (χ2v) is 10.8. The first-order valence-corrected chi connectivity index (χ1v) is 14.5. The molecule has 1 aromatic heterocycles. The van der Waals surface area contributed by atoms with Crippen molar-refractivity contribution in [1.82, 2.24) is 15.1 Å². The van der Waals surface area contributed by atoms with Crippen molar-refractivity contribution in [3.05, 3.63) is 82.0 Å². The van der Waals surface area contributed by atoms with Crippen molar-refractivity contribution in [1.29, 1.82) is 0 Å². The molecule has 1 aliphatic heterocycles. The number of carbonyl (C=O) groups is 1. The molecule has 0 saturated carbocycles. The molecule has 4 aromatic rings. The Kier molecular flexibility index (Phi) is 8.80. The molecule has 1 atom stereocenters. The molecule has 0 saturated heterocycles. The number of unbranched alkanes of at least 4 members (excludes halogenated alkanes) is 1. The minimum atomic E-state index is -0.477. The molecule has 1 unspecified atom stereocenters. The maximum absolute atomic E-state index is 14.0. The van der Waals surface area contributed by atoms with Crippen LogP contribution in [-0.4, -0.2) is 60.6 Å². The number of fused-ring (bicyclic) bond motifs is 1. The number of phenols is 1. The maximum atomic E-state index is 14.0. The minimum Gasteiger partial charge on any atom is -0.507 e. The summed E-state index contributed by atoms with van der Waals surface area (Å²) in [6.07, 6.45) is 2.55. The number of aromatic nitrogens is 2. The molecule has 0 radical (unpaired) electrons. The summed E-state index contributed by atoms with van der Waals surface area (Å²) in [6.45, 7) is 6.97. The van der Waals surface area contributed by atoms with Gasteiger partial charge in [-0.3, -0.25) is 9.89 Å². The highest BCUT2D eigenvalue weighted by atomic mass is 16.5. The van der Waals surface area contributed by atoms with E-state index in [-0.39, 0.29) is 11.7 Å². The van der Waals surface area contributed by atoms with E-state index in [1.54, 1.807) is 21.3 Å². The topological polar surface area (TPSA) is 106 Å². The number of H-pyrrole nitrogens is 1. The SMILES string of the molecule is CCCCOc1ccc(C2c3c(-c4cc(C)cc(C)c4O)n[nH]c3C(=O)N2CCc2ccc(OC)c(OC)c2)cc1OC. The van der Waals surface area contributed by atoms with Gasteiger partial charge in [0.15, 0.2) is 23.0 Å². The van der Waals surface area contributed by atoms with Crippen LogP contribution in [0.2, 0.25) is 0 Å². The summed E-state index contributed by atoms with van der Waals surface area (Å²) in [4.78, 5) is 15.8. The van der Waals surface area contributed by atoms with Crippen LogP contribution in [0.1, 0.15) is 64.1 Å². The van der Waals surface area contributed by atoms with Crippen molar-refractivity contribution in [2.24, 2.45) is 0 Å². The Labute approximate surface area is 252 Å². The summed E-state index contributed by atoms with van der Waals surface area (Å²) in [5, 5.41) is 18.6. The zero-order chi connectivity index (χ0) is 30.7. The van der Waals surface area contributed by atoms with Gasteiger partial charge in [0.25, 0.3) is 5.91 Å². The Balaban J connectivity index is 1.58. The minimum absolute atomic E-state index is 0.145. The van der Waals surface area contributed by atoms with Crippen LogP contribution in [0.15, 0.2) is 48.5 Å². The largest absolute Gasteiger partial charge is 0.507 e. The van der Waals surface area contributed by atoms with Crippen LogP contribution in [0.5, 0.6) is 28.7 Å². The van der Waals surface area contributed by atoms with Gasteiger partial charge in [-0.2, -0.15) is 5.10 Å². The van der Waals surface area contributed by atoms with Crippen LogP contribution in [0.3, 0.4) is 0 Å². The zero-order valence-corrected chi connectivity index (χ0v) is 25.6. The molecule has 2 heterocycles. The smallest absolute Gasteiger partial charge is 0.273 e. The van der Waals surface area contributed by atoms with Gasteiger partial charge in [-0.15, -0.1) is 0 Å². The number of amides is 1. The third kappa shape index (κ3) is 5.71. The number of nitrogens with zero attached hydrogens (tertiary/aromatic N) is 2. The third-order valence-electron chi connectivity index (χ3n) is 7.91. The fourth-order valence-electron chi connectivity index (χ4n) is 5.71. The molecule has 5 rings (SSSR count). The van der Waals surface area contributed by atoms with Gasteiger partial charge in [0, 0.05) is 17.7 Å². The standard InChI is InChI=1S/C34H39N3O6/c1-7-8-15-43-26-12-10-23(19-28(26)42-6)32-29-30(24-17-20(2)16-21(3)33(24)38)35-36-31(29)34(39)37(32)14-13-22-9-11-25(40-4)27(18-22)41-5/h9-12,16-19,32,38H,7-8,13-15H2,1-6H3,(H,35,36). The van der Waals surface area contributed by atoms with Gasteiger partial charge in [-0.25, -0.2) is 0 Å². The number of aromatic hydroxyl groups is 1. The Morgan fingerprint density at radius 2 is 1.65 bits per heavy atom. The predicted molar refractivity (Wildman–Crippen MR) is 165 cm³/mol. The van der Waals surface area contributed by atoms with Crippen molar-refractivity contribution >= 4 is 5.91 Å². The average molecular weight is 586 g/mol. The quantitative estimate of drug-likeness (QED) is 0.186. The van der Waals surface area contributed by atoms with Crippen LogP contribution < -0.4 is 18.9 Å². The summed E-state index contributed by atoms with van der Waals surface area (Å²) >= 11 is 0. The van der Waals surface area contributed by atoms with Crippen molar-refractivity contribution in [2.45, 2.75) is 46.1 Å². The highest BCUT2D eigenvalue weighted by Crippen LogP contribution is 2.46. The molecule has 3 aromatic carbocycles. The molecule has 0 fully saturated rings. The number of phenolic OH excluding ortho intramolecular Hbond substituents is 1. The molecule has 9 nitrogen and oxygen atoms in total. The first kappa shape index (κ1) is 29.8. The van der Waals surface area contributed by atoms with E-state index in [0.29, 0.717) is 59.5 Å². The lowest BCUT2D eigenvalue weighted by atomic mass is 9.93. The van der Waals surface area contributed by atoms with Crippen molar-refractivity contribution in [3.8, 4) is 40.0 Å². The number of aromatic amines is 1. The highest BCUT2D eigenvalue weighted by molar-refractivity contribution is 6.00. The lowest BCUT2D eigenvalue weighted by Gasteiger charge is -2.27. The van der Waals surface area contributed by atoms with E-state index in [9.17, 15) is 9.90 Å². The molecule has 9 heteroatoms. The van der Waals surface area contributed by atoms with Crippen LogP contribution in [-0.2, 0) is 6.42 Å². The van der Waals surface area contributed by atoms with E-state index in [1.165, 1.54) is 0 Å². The maximum Gasteiger partial charge on any atom is 0.273 e. The summed E-state index contributed by atoms with van der Waals surface area (Å²) in [5.41, 5.74) is 5.85. The third-order valence-corrected chi connectivity index (χ3v) is 7.91. The van der Waals surface area contributed by atoms with Crippen LogP contribution in [0.4, 0.5) is 0 Å². The fourth-order valence-corrected chi connectivity index (χ4v) is 5.71. The fraction of sp³-hybridized carbons (Fsp3) is 0.353. The molecule has 226 valence electrons. The second kappa shape index (κ2) is 12.7. The molecular weight excluding hydrogens is 546 g/mol. The molecule has 1 aliphatic rings. The Morgan fingerprint density at radius 1 is 0.930 bits per heavy atom. The summed E-state index contributed by atoms with van der Waals surface area (Å²) in [5.74, 6) is 2.51. The van der Waals surface area contributed by atoms with Gasteiger partial charge in [0.05, 0.1) is 34.0 Å². The number of methoxy groups -OCH3 is 3. The van der Waals surface area contributed by atoms with E-state index in [4.69, 9.17) is 18.9 Å². The van der Waals surface area contributed by atoms with Gasteiger partial charge in [0.1, 0.15) is 17.1 Å². The lowest BCUT2D eigenvalue weighted by Crippen LogP contribution is -2.31. The van der Waals surface area contributed by atoms with E-state index >= 15 is 0 Å². The molecule has 43 heavy (non-hydrogen) atoms. The Morgan fingerprint density at radius 3 is 2.37 bits per heavy atom. The van der Waals surface area contributed by atoms with Gasteiger partial charge in [-0.1, -0.05) is 31.5 Å². The highest BCUT2D eigenvalue weighted by Gasteiger charge is 2.42. The molecular formula is C34H39N3O6.